The van der Waals surface area contributed by atoms with Crippen LogP contribution in [0.3, 0.4) is 0 Å². The molecule has 1 atom stereocenters. The predicted molar refractivity (Wildman–Crippen MR) is 168 cm³/mol. The van der Waals surface area contributed by atoms with Crippen LogP contribution in [0.1, 0.15) is 27.9 Å². The fourth-order valence-electron chi connectivity index (χ4n) is 4.33. The minimum Gasteiger partial charge on any atom is -0.477 e. The van der Waals surface area contributed by atoms with Gasteiger partial charge in [0.2, 0.25) is 0 Å². The van der Waals surface area contributed by atoms with Gasteiger partial charge >= 0.3 is 12.0 Å². The number of carboxylic acids is 1. The van der Waals surface area contributed by atoms with Gasteiger partial charge in [0, 0.05) is 15.6 Å². The first-order valence-corrected chi connectivity index (χ1v) is 16.0. The van der Waals surface area contributed by atoms with E-state index in [1.165, 1.54) is 30.3 Å². The first-order valence-electron chi connectivity index (χ1n) is 13.6. The second-order valence-corrected chi connectivity index (χ2v) is 12.9. The largest absolute Gasteiger partial charge is 0.477 e. The van der Waals surface area contributed by atoms with Gasteiger partial charge in [-0.25, -0.2) is 13.2 Å². The first kappa shape index (κ1) is 31.8. The molecule has 2 N–H and O–H groups in total. The van der Waals surface area contributed by atoms with Crippen LogP contribution in [0.15, 0.2) is 100 Å². The Bertz CT molecular complexity index is 1930. The number of sulfone groups is 1. The monoisotopic (exact) mass is 668 g/mol. The summed E-state index contributed by atoms with van der Waals surface area (Å²) in [5.41, 5.74) is 2.70. The van der Waals surface area contributed by atoms with E-state index in [-0.39, 0.29) is 34.6 Å². The standard InChI is InChI=1S/C32H26Cl2N2O8S/c33-23-8-13-26(14-9-23)45(40,41)16-2-4-20-6-11-25(12-7-20)43-30(31(38)39)36-29(37)22-5-1-3-21(17-22)19-42-32-35-27-18-24(34)10-15-28(27)44-32/h1,3,5-15,17-18,30H,2,4,16,19H2,(H,36,37)(H,38,39). The number of carbonyl (C=O) groups excluding carboxylic acids is 1. The number of hydrogen-bond acceptors (Lipinski definition) is 8. The van der Waals surface area contributed by atoms with Gasteiger partial charge in [0.1, 0.15) is 17.9 Å². The Hall–Kier alpha value is -4.58. The Balaban J connectivity index is 1.14. The number of nitrogens with zero attached hydrogens (tertiary/aromatic N) is 1. The van der Waals surface area contributed by atoms with Gasteiger partial charge in [-0.3, -0.25) is 4.79 Å². The number of carbonyl (C=O) groups is 2. The van der Waals surface area contributed by atoms with E-state index in [2.05, 4.69) is 10.3 Å². The number of hydrogen-bond donors (Lipinski definition) is 2. The van der Waals surface area contributed by atoms with E-state index >= 15 is 0 Å². The second-order valence-electron chi connectivity index (χ2n) is 9.91. The summed E-state index contributed by atoms with van der Waals surface area (Å²) >= 11 is 11.8. The van der Waals surface area contributed by atoms with Gasteiger partial charge in [0.15, 0.2) is 15.4 Å². The molecule has 0 saturated heterocycles. The third-order valence-corrected chi connectivity index (χ3v) is 8.90. The highest BCUT2D eigenvalue weighted by Crippen LogP contribution is 2.24. The molecule has 0 aliphatic carbocycles. The number of aromatic nitrogens is 1. The maximum absolute atomic E-state index is 12.9. The molecule has 4 aromatic carbocycles. The zero-order valence-electron chi connectivity index (χ0n) is 23.5. The van der Waals surface area contributed by atoms with Crippen molar-refractivity contribution in [3.63, 3.8) is 0 Å². The zero-order chi connectivity index (χ0) is 32.0. The van der Waals surface area contributed by atoms with Crippen molar-refractivity contribution in [1.29, 1.82) is 0 Å². The molecule has 1 aromatic heterocycles. The lowest BCUT2D eigenvalue weighted by molar-refractivity contribution is -0.146. The van der Waals surface area contributed by atoms with Crippen LogP contribution in [0, 0.1) is 0 Å². The molecular weight excluding hydrogens is 643 g/mol. The molecule has 1 heterocycles. The molecule has 0 radical (unpaired) electrons. The predicted octanol–water partition coefficient (Wildman–Crippen LogP) is 6.34. The number of amides is 1. The molecule has 5 aromatic rings. The molecule has 0 fully saturated rings. The van der Waals surface area contributed by atoms with Crippen molar-refractivity contribution in [3.05, 3.63) is 118 Å². The number of aryl methyl sites for hydroxylation is 1. The molecule has 0 saturated carbocycles. The number of benzene rings is 4. The van der Waals surface area contributed by atoms with Gasteiger partial charge in [-0.2, -0.15) is 4.98 Å². The second kappa shape index (κ2) is 14.0. The van der Waals surface area contributed by atoms with Gasteiger partial charge in [0.25, 0.3) is 12.1 Å². The number of halogens is 2. The SMILES string of the molecule is O=C(NC(Oc1ccc(CCCS(=O)(=O)c2ccc(Cl)cc2)cc1)C(=O)O)c1cccc(COc2nc3cc(Cl)ccc3o2)c1. The van der Waals surface area contributed by atoms with Gasteiger partial charge in [-0.15, -0.1) is 0 Å². The number of oxazole rings is 1. The number of ether oxygens (including phenoxy) is 2. The summed E-state index contributed by atoms with van der Waals surface area (Å²) in [5, 5.41) is 13.0. The lowest BCUT2D eigenvalue weighted by Gasteiger charge is -2.17. The molecule has 0 bridgehead atoms. The van der Waals surface area contributed by atoms with Crippen molar-refractivity contribution in [3.8, 4) is 11.8 Å². The minimum atomic E-state index is -3.45. The molecule has 45 heavy (non-hydrogen) atoms. The van der Waals surface area contributed by atoms with Gasteiger partial charge in [-0.1, -0.05) is 47.5 Å². The summed E-state index contributed by atoms with van der Waals surface area (Å²) in [7, 11) is -3.45. The van der Waals surface area contributed by atoms with E-state index < -0.39 is 27.9 Å². The molecule has 1 amide bonds. The van der Waals surface area contributed by atoms with E-state index in [1.807, 2.05) is 0 Å². The van der Waals surface area contributed by atoms with E-state index in [9.17, 15) is 23.1 Å². The summed E-state index contributed by atoms with van der Waals surface area (Å²) in [6.45, 7) is 0.0416. The van der Waals surface area contributed by atoms with Crippen LogP contribution >= 0.6 is 23.2 Å². The van der Waals surface area contributed by atoms with Crippen LogP contribution < -0.4 is 14.8 Å². The highest BCUT2D eigenvalue weighted by atomic mass is 35.5. The average molecular weight is 670 g/mol. The topological polar surface area (TPSA) is 145 Å². The Kier molecular flexibility index (Phi) is 9.92. The summed E-state index contributed by atoms with van der Waals surface area (Å²) in [4.78, 5) is 29.2. The number of carboxylic acid groups (broad SMARTS) is 1. The molecule has 232 valence electrons. The van der Waals surface area contributed by atoms with Crippen LogP contribution in [-0.4, -0.2) is 42.4 Å². The molecular formula is C32H26Cl2N2O8S. The van der Waals surface area contributed by atoms with Gasteiger partial charge in [0.05, 0.1) is 10.6 Å². The molecule has 13 heteroatoms. The van der Waals surface area contributed by atoms with Crippen LogP contribution in [0.4, 0.5) is 0 Å². The quantitative estimate of drug-likeness (QED) is 0.137. The summed E-state index contributed by atoms with van der Waals surface area (Å²) in [5.74, 6) is -1.89. The molecule has 0 aliphatic heterocycles. The van der Waals surface area contributed by atoms with Crippen molar-refractivity contribution in [2.24, 2.45) is 0 Å². The third kappa shape index (κ3) is 8.53. The van der Waals surface area contributed by atoms with Crippen molar-refractivity contribution in [1.82, 2.24) is 10.3 Å². The van der Waals surface area contributed by atoms with Crippen LogP contribution in [0.2, 0.25) is 10.0 Å². The smallest absolute Gasteiger partial charge is 0.394 e. The normalized spacial score (nSPS) is 12.0. The van der Waals surface area contributed by atoms with E-state index in [0.717, 1.165) is 5.56 Å². The highest BCUT2D eigenvalue weighted by molar-refractivity contribution is 7.91. The lowest BCUT2D eigenvalue weighted by Crippen LogP contribution is -2.45. The maximum Gasteiger partial charge on any atom is 0.394 e. The highest BCUT2D eigenvalue weighted by Gasteiger charge is 2.23. The Labute approximate surface area is 268 Å². The summed E-state index contributed by atoms with van der Waals surface area (Å²) in [6, 6.07) is 24.0. The lowest BCUT2D eigenvalue weighted by atomic mass is 10.1. The summed E-state index contributed by atoms with van der Waals surface area (Å²) in [6.07, 6.45) is -0.769. The molecule has 10 nitrogen and oxygen atoms in total. The van der Waals surface area contributed by atoms with Crippen molar-refractivity contribution in [2.75, 3.05) is 5.75 Å². The summed E-state index contributed by atoms with van der Waals surface area (Å²) < 4.78 is 41.8. The molecule has 5 rings (SSSR count). The fraction of sp³-hybridized carbons (Fsp3) is 0.156. The number of nitrogens with one attached hydrogen (secondary N) is 1. The Morgan fingerprint density at radius 3 is 2.38 bits per heavy atom. The molecule has 1 unspecified atom stereocenters. The van der Waals surface area contributed by atoms with Crippen LogP contribution in [-0.2, 0) is 27.7 Å². The Morgan fingerprint density at radius 1 is 0.911 bits per heavy atom. The number of rotatable bonds is 13. The third-order valence-electron chi connectivity index (χ3n) is 6.60. The van der Waals surface area contributed by atoms with Gasteiger partial charge < -0.3 is 24.3 Å². The van der Waals surface area contributed by atoms with E-state index in [4.69, 9.17) is 37.1 Å². The minimum absolute atomic E-state index is 0.0375. The van der Waals surface area contributed by atoms with Crippen molar-refractivity contribution >= 4 is 56.0 Å². The van der Waals surface area contributed by atoms with Crippen LogP contribution in [0.25, 0.3) is 11.1 Å². The van der Waals surface area contributed by atoms with Crippen LogP contribution in [0.5, 0.6) is 11.8 Å². The molecule has 0 spiro atoms. The van der Waals surface area contributed by atoms with Crippen molar-refractivity contribution < 1.29 is 37.0 Å². The molecule has 0 aliphatic rings. The number of fused-ring (bicyclic) bond motifs is 1. The maximum atomic E-state index is 12.9. The van der Waals surface area contributed by atoms with Gasteiger partial charge in [-0.05, 0) is 90.7 Å². The fourth-order valence-corrected chi connectivity index (χ4v) is 5.93. The van der Waals surface area contributed by atoms with E-state index in [1.54, 1.807) is 60.7 Å². The van der Waals surface area contributed by atoms with Crippen molar-refractivity contribution in [2.45, 2.75) is 30.6 Å². The first-order chi connectivity index (χ1) is 21.6. The van der Waals surface area contributed by atoms with E-state index in [0.29, 0.717) is 39.6 Å². The number of aliphatic carboxylic acids is 1. The average Bonchev–Trinajstić information content (AvgIpc) is 3.43. The zero-order valence-corrected chi connectivity index (χ0v) is 25.8. The Morgan fingerprint density at radius 2 is 1.64 bits per heavy atom.